The minimum absolute atomic E-state index is 0.0129. The van der Waals surface area contributed by atoms with E-state index in [-0.39, 0.29) is 18.5 Å². The second kappa shape index (κ2) is 74.5. The predicted octanol–water partition coefficient (Wildman–Crippen LogP) is 25.4. The summed E-state index contributed by atoms with van der Waals surface area (Å²) < 4.78 is 5.50. The van der Waals surface area contributed by atoms with E-state index in [9.17, 15) is 19.8 Å². The lowest BCUT2D eigenvalue weighted by Gasteiger charge is -2.22. The van der Waals surface area contributed by atoms with Crippen LogP contribution >= 0.6 is 0 Å². The van der Waals surface area contributed by atoms with Gasteiger partial charge in [-0.2, -0.15) is 0 Å². The van der Waals surface area contributed by atoms with Crippen LogP contribution in [0.15, 0.2) is 36.5 Å². The molecule has 0 rings (SSSR count). The van der Waals surface area contributed by atoms with Crippen LogP contribution in [0, 0.1) is 0 Å². The molecule has 2 unspecified atom stereocenters. The fraction of sp³-hybridized carbons (Fsp3) is 0.899. The molecule has 0 heterocycles. The summed E-state index contributed by atoms with van der Waals surface area (Å²) in [5, 5.41) is 23.3. The van der Waals surface area contributed by atoms with E-state index in [1.54, 1.807) is 0 Å². The highest BCUT2D eigenvalue weighted by Crippen LogP contribution is 2.19. The van der Waals surface area contributed by atoms with E-state index >= 15 is 0 Å². The van der Waals surface area contributed by atoms with Gasteiger partial charge in [-0.15, -0.1) is 0 Å². The predicted molar refractivity (Wildman–Crippen MR) is 375 cm³/mol. The number of allylic oxidation sites excluding steroid dienone is 6. The average molecular weight is 1200 g/mol. The van der Waals surface area contributed by atoms with Crippen molar-refractivity contribution in [2.24, 2.45) is 0 Å². The number of carbonyl (C=O) groups is 2. The van der Waals surface area contributed by atoms with Crippen LogP contribution in [-0.4, -0.2) is 47.4 Å². The van der Waals surface area contributed by atoms with Crippen LogP contribution in [0.25, 0.3) is 0 Å². The lowest BCUT2D eigenvalue weighted by molar-refractivity contribution is -0.143. The van der Waals surface area contributed by atoms with E-state index in [0.717, 1.165) is 51.4 Å². The van der Waals surface area contributed by atoms with Gasteiger partial charge in [-0.25, -0.2) is 0 Å². The van der Waals surface area contributed by atoms with Crippen LogP contribution in [-0.2, 0) is 14.3 Å². The molecule has 85 heavy (non-hydrogen) atoms. The maximum atomic E-state index is 12.5. The number of rotatable bonds is 73. The molecule has 0 aromatic heterocycles. The first kappa shape index (κ1) is 83.1. The topological polar surface area (TPSA) is 95.9 Å². The summed E-state index contributed by atoms with van der Waals surface area (Å²) in [6.07, 6.45) is 96.7. The Morgan fingerprint density at radius 2 is 0.588 bits per heavy atom. The van der Waals surface area contributed by atoms with Gasteiger partial charge in [0.2, 0.25) is 5.91 Å². The minimum Gasteiger partial charge on any atom is -0.466 e. The number of carbonyl (C=O) groups excluding carboxylic acids is 2. The molecule has 1 amide bonds. The molecule has 0 aromatic rings. The van der Waals surface area contributed by atoms with Crippen LogP contribution < -0.4 is 5.32 Å². The molecule has 502 valence electrons. The van der Waals surface area contributed by atoms with Crippen molar-refractivity contribution in [3.8, 4) is 0 Å². The summed E-state index contributed by atoms with van der Waals surface area (Å²) in [6, 6.07) is -0.539. The van der Waals surface area contributed by atoms with E-state index in [0.29, 0.717) is 25.9 Å². The third kappa shape index (κ3) is 71.0. The van der Waals surface area contributed by atoms with Crippen molar-refractivity contribution in [2.45, 2.75) is 443 Å². The Morgan fingerprint density at radius 3 is 0.906 bits per heavy atom. The Hall–Kier alpha value is -1.92. The molecule has 0 aliphatic heterocycles. The molecule has 0 aliphatic carbocycles. The van der Waals surface area contributed by atoms with Crippen molar-refractivity contribution < 1.29 is 24.5 Å². The van der Waals surface area contributed by atoms with Gasteiger partial charge >= 0.3 is 5.97 Å². The van der Waals surface area contributed by atoms with Gasteiger partial charge < -0.3 is 20.3 Å². The van der Waals surface area contributed by atoms with Crippen molar-refractivity contribution in [3.63, 3.8) is 0 Å². The van der Waals surface area contributed by atoms with Crippen LogP contribution in [0.5, 0.6) is 0 Å². The largest absolute Gasteiger partial charge is 0.466 e. The molecule has 6 heteroatoms. The van der Waals surface area contributed by atoms with Gasteiger partial charge in [-0.1, -0.05) is 371 Å². The number of nitrogens with one attached hydrogen (secondary N) is 1. The Bertz CT molecular complexity index is 1380. The highest BCUT2D eigenvalue weighted by Gasteiger charge is 2.20. The standard InChI is InChI=1S/C79H151NO5/c1-3-5-7-9-11-13-15-17-44-49-53-57-61-65-69-73-79(84)85-74-70-66-62-58-54-50-46-43-41-39-37-35-33-31-29-27-25-23-21-19-20-22-24-26-28-30-32-34-36-38-40-42-45-48-52-56-60-64-68-72-78(83)80-76(75-81)77(82)71-67-63-59-55-51-47-18-16-14-12-10-8-6-4-2/h17,19-20,23,25,44,76-77,81-82H,3-16,18,21-22,24,26-43,45-75H2,1-2H3,(H,80,83)/b20-19-,25-23-,44-17-. The van der Waals surface area contributed by atoms with Crippen LogP contribution in [0.3, 0.4) is 0 Å². The lowest BCUT2D eigenvalue weighted by Crippen LogP contribution is -2.45. The zero-order valence-electron chi connectivity index (χ0n) is 57.6. The zero-order chi connectivity index (χ0) is 61.3. The second-order valence-electron chi connectivity index (χ2n) is 26.7. The molecule has 6 nitrogen and oxygen atoms in total. The number of unbranched alkanes of at least 4 members (excludes halogenated alkanes) is 56. The zero-order valence-corrected chi connectivity index (χ0v) is 57.6. The first-order valence-electron chi connectivity index (χ1n) is 38.7. The number of amides is 1. The van der Waals surface area contributed by atoms with E-state index in [2.05, 4.69) is 55.6 Å². The fourth-order valence-electron chi connectivity index (χ4n) is 12.3. The molecule has 0 spiro atoms. The Morgan fingerprint density at radius 1 is 0.329 bits per heavy atom. The van der Waals surface area contributed by atoms with Crippen molar-refractivity contribution in [2.75, 3.05) is 13.2 Å². The SMILES string of the molecule is CCCCCCCC/C=C\CCCCCCCC(=O)OCCCCCCCCCCCCCCCCC/C=C\C/C=C\CCCCCCCCCCCCCCCCCCCC(=O)NC(CO)C(O)CCCCCCCCCCCCCCCC. The molecule has 0 aliphatic rings. The molecule has 3 N–H and O–H groups in total. The molecular formula is C79H151NO5. The monoisotopic (exact) mass is 1190 g/mol. The first-order valence-corrected chi connectivity index (χ1v) is 38.7. The van der Waals surface area contributed by atoms with Gasteiger partial charge in [0.25, 0.3) is 0 Å². The van der Waals surface area contributed by atoms with Gasteiger partial charge in [-0.3, -0.25) is 9.59 Å². The lowest BCUT2D eigenvalue weighted by atomic mass is 10.0. The van der Waals surface area contributed by atoms with Crippen LogP contribution in [0.1, 0.15) is 431 Å². The van der Waals surface area contributed by atoms with Crippen molar-refractivity contribution in [1.82, 2.24) is 5.32 Å². The van der Waals surface area contributed by atoms with Crippen LogP contribution in [0.4, 0.5) is 0 Å². The normalized spacial score (nSPS) is 12.7. The van der Waals surface area contributed by atoms with Gasteiger partial charge in [0, 0.05) is 12.8 Å². The molecule has 0 saturated carbocycles. The summed E-state index contributed by atoms with van der Waals surface area (Å²) >= 11 is 0. The molecule has 0 bridgehead atoms. The maximum Gasteiger partial charge on any atom is 0.305 e. The summed E-state index contributed by atoms with van der Waals surface area (Å²) in [7, 11) is 0. The summed E-state index contributed by atoms with van der Waals surface area (Å²) in [4.78, 5) is 24.6. The van der Waals surface area contributed by atoms with E-state index in [1.807, 2.05) is 0 Å². The molecule has 0 fully saturated rings. The fourth-order valence-corrected chi connectivity index (χ4v) is 12.3. The number of hydrogen-bond acceptors (Lipinski definition) is 5. The Balaban J connectivity index is 3.34. The number of ether oxygens (including phenoxy) is 1. The number of esters is 1. The van der Waals surface area contributed by atoms with Gasteiger partial charge in [0.05, 0.1) is 25.4 Å². The summed E-state index contributed by atoms with van der Waals surface area (Å²) in [5.74, 6) is -0.0163. The molecule has 0 aromatic carbocycles. The number of aliphatic hydroxyl groups excluding tert-OH is 2. The quantitative estimate of drug-likeness (QED) is 0.0320. The first-order chi connectivity index (χ1) is 42.0. The number of hydrogen-bond donors (Lipinski definition) is 3. The second-order valence-corrected chi connectivity index (χ2v) is 26.7. The third-order valence-electron chi connectivity index (χ3n) is 18.2. The highest BCUT2D eigenvalue weighted by molar-refractivity contribution is 5.76. The van der Waals surface area contributed by atoms with E-state index in [1.165, 1.54) is 347 Å². The molecule has 0 saturated heterocycles. The van der Waals surface area contributed by atoms with Crippen LogP contribution in [0.2, 0.25) is 0 Å². The van der Waals surface area contributed by atoms with Crippen molar-refractivity contribution in [1.29, 1.82) is 0 Å². The third-order valence-corrected chi connectivity index (χ3v) is 18.2. The van der Waals surface area contributed by atoms with Gasteiger partial charge in [0.1, 0.15) is 0 Å². The van der Waals surface area contributed by atoms with Gasteiger partial charge in [0.15, 0.2) is 0 Å². The van der Waals surface area contributed by atoms with E-state index < -0.39 is 12.1 Å². The van der Waals surface area contributed by atoms with E-state index in [4.69, 9.17) is 4.74 Å². The molecular weight excluding hydrogens is 1040 g/mol. The minimum atomic E-state index is -0.662. The summed E-state index contributed by atoms with van der Waals surface area (Å²) in [5.41, 5.74) is 0. The maximum absolute atomic E-state index is 12.5. The van der Waals surface area contributed by atoms with Crippen molar-refractivity contribution in [3.05, 3.63) is 36.5 Å². The smallest absolute Gasteiger partial charge is 0.305 e. The highest BCUT2D eigenvalue weighted by atomic mass is 16.5. The van der Waals surface area contributed by atoms with Crippen molar-refractivity contribution >= 4 is 11.9 Å². The molecule has 0 radical (unpaired) electrons. The number of aliphatic hydroxyl groups is 2. The van der Waals surface area contributed by atoms with Gasteiger partial charge in [-0.05, 0) is 83.5 Å². The average Bonchev–Trinajstić information content (AvgIpc) is 3.52. The summed E-state index contributed by atoms with van der Waals surface area (Å²) in [6.45, 7) is 4.98. The molecule has 2 atom stereocenters. The Labute approximate surface area is 532 Å². The Kier molecular flexibility index (Phi) is 72.9.